The summed E-state index contributed by atoms with van der Waals surface area (Å²) in [6, 6.07) is 14.5. The maximum atomic E-state index is 9.59. The summed E-state index contributed by atoms with van der Waals surface area (Å²) >= 11 is 0. The van der Waals surface area contributed by atoms with Gasteiger partial charge in [-0.05, 0) is 49.6 Å². The van der Waals surface area contributed by atoms with Gasteiger partial charge in [0.1, 0.15) is 0 Å². The van der Waals surface area contributed by atoms with Gasteiger partial charge in [-0.15, -0.1) is 0 Å². The average Bonchev–Trinajstić information content (AvgIpc) is 2.41. The van der Waals surface area contributed by atoms with Crippen LogP contribution < -0.4 is 5.32 Å². The molecule has 2 heteroatoms. The van der Waals surface area contributed by atoms with E-state index in [1.807, 2.05) is 12.1 Å². The van der Waals surface area contributed by atoms with Crippen LogP contribution in [0.1, 0.15) is 28.3 Å². The van der Waals surface area contributed by atoms with E-state index in [0.717, 1.165) is 11.3 Å². The first kappa shape index (κ1) is 13.6. The monoisotopic (exact) mass is 255 g/mol. The lowest BCUT2D eigenvalue weighted by atomic mass is 10.0. The number of aliphatic hydroxyl groups is 1. The van der Waals surface area contributed by atoms with Gasteiger partial charge in [0.25, 0.3) is 0 Å². The molecule has 2 nitrogen and oxygen atoms in total. The molecule has 0 saturated heterocycles. The molecule has 2 rings (SSSR count). The summed E-state index contributed by atoms with van der Waals surface area (Å²) in [5.41, 5.74) is 5.91. The molecule has 0 fully saturated rings. The third-order valence-corrected chi connectivity index (χ3v) is 3.51. The van der Waals surface area contributed by atoms with Crippen LogP contribution in [0.5, 0.6) is 0 Å². The van der Waals surface area contributed by atoms with Crippen molar-refractivity contribution in [2.45, 2.75) is 26.8 Å². The Morgan fingerprint density at radius 3 is 2.21 bits per heavy atom. The second-order valence-electron chi connectivity index (χ2n) is 5.09. The average molecular weight is 255 g/mol. The lowest BCUT2D eigenvalue weighted by Gasteiger charge is -2.19. The summed E-state index contributed by atoms with van der Waals surface area (Å²) < 4.78 is 0. The molecule has 2 aromatic carbocycles. The fourth-order valence-corrected chi connectivity index (χ4v) is 2.07. The van der Waals surface area contributed by atoms with Gasteiger partial charge < -0.3 is 10.4 Å². The maximum absolute atomic E-state index is 9.59. The lowest BCUT2D eigenvalue weighted by molar-refractivity contribution is 0.276. The molecule has 2 aromatic rings. The van der Waals surface area contributed by atoms with Gasteiger partial charge in [-0.25, -0.2) is 0 Å². The number of hydrogen-bond acceptors (Lipinski definition) is 2. The Morgan fingerprint density at radius 2 is 1.63 bits per heavy atom. The highest BCUT2D eigenvalue weighted by Gasteiger charge is 2.10. The molecule has 0 radical (unpaired) electrons. The highest BCUT2D eigenvalue weighted by molar-refractivity contribution is 5.47. The van der Waals surface area contributed by atoms with E-state index in [1.54, 1.807) is 0 Å². The highest BCUT2D eigenvalue weighted by Crippen LogP contribution is 2.21. The van der Waals surface area contributed by atoms with E-state index in [9.17, 15) is 5.11 Å². The fourth-order valence-electron chi connectivity index (χ4n) is 2.07. The molecule has 0 saturated carbocycles. The minimum absolute atomic E-state index is 0.0676. The molecular formula is C17H21NO. The zero-order chi connectivity index (χ0) is 13.8. The zero-order valence-corrected chi connectivity index (χ0v) is 11.8. The number of aryl methyl sites for hydroxylation is 3. The molecule has 0 heterocycles. The Hall–Kier alpha value is -1.80. The smallest absolute Gasteiger partial charge is 0.0745 e. The van der Waals surface area contributed by atoms with Crippen LogP contribution in [0.3, 0.4) is 0 Å². The summed E-state index contributed by atoms with van der Waals surface area (Å²) in [5, 5.41) is 13.0. The molecule has 19 heavy (non-hydrogen) atoms. The molecule has 0 aliphatic carbocycles. The maximum Gasteiger partial charge on any atom is 0.0745 e. The standard InChI is InChI=1S/C17H21NO/c1-12-4-8-16(9-5-12)18-17(11-19)15-7-6-13(2)14(3)10-15/h4-10,17-19H,11H2,1-3H3. The van der Waals surface area contributed by atoms with Crippen molar-refractivity contribution in [3.8, 4) is 0 Å². The molecule has 0 spiro atoms. The van der Waals surface area contributed by atoms with E-state index in [2.05, 4.69) is 56.4 Å². The van der Waals surface area contributed by atoms with Gasteiger partial charge in [-0.1, -0.05) is 35.9 Å². The van der Waals surface area contributed by atoms with Crippen molar-refractivity contribution in [2.75, 3.05) is 11.9 Å². The third kappa shape index (κ3) is 3.36. The Bertz CT molecular complexity index is 546. The summed E-state index contributed by atoms with van der Waals surface area (Å²) in [7, 11) is 0. The van der Waals surface area contributed by atoms with Crippen LogP contribution in [-0.4, -0.2) is 11.7 Å². The van der Waals surface area contributed by atoms with Gasteiger partial charge in [0.2, 0.25) is 0 Å². The molecule has 0 aliphatic rings. The lowest BCUT2D eigenvalue weighted by Crippen LogP contribution is -2.15. The second kappa shape index (κ2) is 5.89. The van der Waals surface area contributed by atoms with E-state index in [4.69, 9.17) is 0 Å². The van der Waals surface area contributed by atoms with Crippen molar-refractivity contribution >= 4 is 5.69 Å². The van der Waals surface area contributed by atoms with Crippen molar-refractivity contribution in [2.24, 2.45) is 0 Å². The number of aliphatic hydroxyl groups excluding tert-OH is 1. The second-order valence-corrected chi connectivity index (χ2v) is 5.09. The predicted molar refractivity (Wildman–Crippen MR) is 80.5 cm³/mol. The Kier molecular flexibility index (Phi) is 4.23. The largest absolute Gasteiger partial charge is 0.394 e. The SMILES string of the molecule is Cc1ccc(NC(CO)c2ccc(C)c(C)c2)cc1. The number of nitrogens with one attached hydrogen (secondary N) is 1. The number of rotatable bonds is 4. The summed E-state index contributed by atoms with van der Waals surface area (Å²) in [6.45, 7) is 6.34. The number of hydrogen-bond donors (Lipinski definition) is 2. The fraction of sp³-hybridized carbons (Fsp3) is 0.294. The third-order valence-electron chi connectivity index (χ3n) is 3.51. The Morgan fingerprint density at radius 1 is 0.947 bits per heavy atom. The van der Waals surface area contributed by atoms with Crippen LogP contribution in [0.25, 0.3) is 0 Å². The highest BCUT2D eigenvalue weighted by atomic mass is 16.3. The van der Waals surface area contributed by atoms with E-state index in [1.165, 1.54) is 16.7 Å². The van der Waals surface area contributed by atoms with Gasteiger partial charge in [-0.3, -0.25) is 0 Å². The van der Waals surface area contributed by atoms with E-state index < -0.39 is 0 Å². The summed E-state index contributed by atoms with van der Waals surface area (Å²) in [4.78, 5) is 0. The van der Waals surface area contributed by atoms with Crippen LogP contribution in [0.15, 0.2) is 42.5 Å². The van der Waals surface area contributed by atoms with Crippen LogP contribution in [0.2, 0.25) is 0 Å². The molecule has 2 N–H and O–H groups in total. The van der Waals surface area contributed by atoms with Crippen LogP contribution in [0.4, 0.5) is 5.69 Å². The predicted octanol–water partition coefficient (Wildman–Crippen LogP) is 3.76. The van der Waals surface area contributed by atoms with Crippen molar-refractivity contribution in [1.82, 2.24) is 0 Å². The molecule has 1 atom stereocenters. The number of benzene rings is 2. The molecule has 100 valence electrons. The van der Waals surface area contributed by atoms with Gasteiger partial charge in [-0.2, -0.15) is 0 Å². The molecule has 0 aliphatic heterocycles. The minimum atomic E-state index is -0.0676. The first-order chi connectivity index (χ1) is 9.10. The molecule has 0 aromatic heterocycles. The van der Waals surface area contributed by atoms with Crippen molar-refractivity contribution < 1.29 is 5.11 Å². The molecule has 0 bridgehead atoms. The van der Waals surface area contributed by atoms with Gasteiger partial charge in [0.05, 0.1) is 12.6 Å². The van der Waals surface area contributed by atoms with E-state index in [0.29, 0.717) is 0 Å². The Labute approximate surface area is 115 Å². The van der Waals surface area contributed by atoms with E-state index >= 15 is 0 Å². The van der Waals surface area contributed by atoms with Gasteiger partial charge in [0, 0.05) is 5.69 Å². The first-order valence-electron chi connectivity index (χ1n) is 6.61. The summed E-state index contributed by atoms with van der Waals surface area (Å²) in [6.07, 6.45) is 0. The van der Waals surface area contributed by atoms with E-state index in [-0.39, 0.29) is 12.6 Å². The Balaban J connectivity index is 2.19. The quantitative estimate of drug-likeness (QED) is 0.872. The topological polar surface area (TPSA) is 32.3 Å². The minimum Gasteiger partial charge on any atom is -0.394 e. The molecule has 1 unspecified atom stereocenters. The molecule has 0 amide bonds. The van der Waals surface area contributed by atoms with Crippen molar-refractivity contribution in [1.29, 1.82) is 0 Å². The summed E-state index contributed by atoms with van der Waals surface area (Å²) in [5.74, 6) is 0. The van der Waals surface area contributed by atoms with Crippen molar-refractivity contribution in [3.63, 3.8) is 0 Å². The number of anilines is 1. The van der Waals surface area contributed by atoms with Gasteiger partial charge in [0.15, 0.2) is 0 Å². The normalized spacial score (nSPS) is 12.2. The first-order valence-corrected chi connectivity index (χ1v) is 6.61. The zero-order valence-electron chi connectivity index (χ0n) is 11.8. The van der Waals surface area contributed by atoms with Crippen LogP contribution >= 0.6 is 0 Å². The van der Waals surface area contributed by atoms with Crippen molar-refractivity contribution in [3.05, 3.63) is 64.7 Å². The van der Waals surface area contributed by atoms with Gasteiger partial charge >= 0.3 is 0 Å². The van der Waals surface area contributed by atoms with Crippen LogP contribution in [-0.2, 0) is 0 Å². The molecular weight excluding hydrogens is 234 g/mol. The van der Waals surface area contributed by atoms with Crippen LogP contribution in [0, 0.1) is 20.8 Å².